The zero-order valence-electron chi connectivity index (χ0n) is 17.4. The van der Waals surface area contributed by atoms with Crippen LogP contribution in [0.15, 0.2) is 59.2 Å². The molecule has 0 unspecified atom stereocenters. The van der Waals surface area contributed by atoms with Crippen LogP contribution in [0.3, 0.4) is 0 Å². The lowest BCUT2D eigenvalue weighted by atomic mass is 9.83. The summed E-state index contributed by atoms with van der Waals surface area (Å²) < 4.78 is 77.3. The molecule has 0 amide bonds. The van der Waals surface area contributed by atoms with Gasteiger partial charge in [0.15, 0.2) is 0 Å². The monoisotopic (exact) mass is 453 g/mol. The molecular weight excluding hydrogens is 432 g/mol. The molecule has 0 N–H and O–H groups in total. The second-order valence-electron chi connectivity index (χ2n) is 8.22. The van der Waals surface area contributed by atoms with Crippen LogP contribution in [0.4, 0.5) is 26.3 Å². The number of nitrogens with zero attached hydrogens (tertiary/aromatic N) is 3. The Kier molecular flexibility index (Phi) is 5.56. The molecule has 2 aromatic rings. The number of piperidine rings is 1. The zero-order valence-corrected chi connectivity index (χ0v) is 17.4. The molecule has 0 aromatic heterocycles. The maximum Gasteiger partial charge on any atom is 0.416 e. The van der Waals surface area contributed by atoms with E-state index in [1.54, 1.807) is 12.1 Å². The van der Waals surface area contributed by atoms with Crippen molar-refractivity contribution in [3.8, 4) is 0 Å². The molecule has 0 saturated carbocycles. The number of halogens is 6. The molecule has 0 aliphatic carbocycles. The van der Waals surface area contributed by atoms with Crippen LogP contribution in [-0.2, 0) is 12.4 Å². The Balaban J connectivity index is 1.62. The third kappa shape index (κ3) is 4.39. The van der Waals surface area contributed by atoms with E-state index in [-0.39, 0.29) is 12.0 Å². The highest BCUT2D eigenvalue weighted by Crippen LogP contribution is 2.40. The molecule has 2 aliphatic heterocycles. The van der Waals surface area contributed by atoms with Crippen molar-refractivity contribution in [1.82, 2.24) is 9.91 Å². The number of benzene rings is 2. The molecule has 2 aromatic carbocycles. The Hall–Kier alpha value is -2.81. The maximum absolute atomic E-state index is 12.9. The Labute approximate surface area is 181 Å². The van der Waals surface area contributed by atoms with E-state index in [9.17, 15) is 26.3 Å². The van der Waals surface area contributed by atoms with Gasteiger partial charge in [0.25, 0.3) is 0 Å². The van der Waals surface area contributed by atoms with E-state index in [1.807, 2.05) is 13.1 Å². The molecule has 4 rings (SSSR count). The smallest absolute Gasteiger partial charge is 0.301 e. The molecule has 2 atom stereocenters. The van der Waals surface area contributed by atoms with Crippen LogP contribution in [0.2, 0.25) is 0 Å². The normalized spacial score (nSPS) is 23.4. The fourth-order valence-corrected chi connectivity index (χ4v) is 4.38. The topological polar surface area (TPSA) is 18.8 Å². The van der Waals surface area contributed by atoms with Gasteiger partial charge in [-0.05, 0) is 54.1 Å². The highest BCUT2D eigenvalue weighted by Gasteiger charge is 2.42. The third-order valence-corrected chi connectivity index (χ3v) is 5.84. The summed E-state index contributed by atoms with van der Waals surface area (Å²) in [6.07, 6.45) is -6.97. The van der Waals surface area contributed by atoms with E-state index in [1.165, 1.54) is 24.3 Å². The van der Waals surface area contributed by atoms with Crippen molar-refractivity contribution >= 4 is 11.8 Å². The summed E-state index contributed by atoms with van der Waals surface area (Å²) >= 11 is 0. The quantitative estimate of drug-likeness (QED) is 0.543. The van der Waals surface area contributed by atoms with Gasteiger partial charge in [0.1, 0.15) is 0 Å². The molecule has 1 saturated heterocycles. The van der Waals surface area contributed by atoms with Crippen LogP contribution in [0.1, 0.15) is 28.3 Å². The van der Waals surface area contributed by atoms with Crippen LogP contribution in [-0.4, -0.2) is 42.8 Å². The summed E-state index contributed by atoms with van der Waals surface area (Å²) in [5, 5.41) is 6.41. The van der Waals surface area contributed by atoms with Crippen LogP contribution < -0.4 is 0 Å². The lowest BCUT2D eigenvalue weighted by Gasteiger charge is -2.34. The highest BCUT2D eigenvalue weighted by molar-refractivity contribution is 6.07. The van der Waals surface area contributed by atoms with E-state index in [2.05, 4.69) is 10.0 Å². The fourth-order valence-electron chi connectivity index (χ4n) is 4.38. The zero-order chi connectivity index (χ0) is 23.3. The molecule has 2 heterocycles. The summed E-state index contributed by atoms with van der Waals surface area (Å²) in [5.41, 5.74) is 1.64. The van der Waals surface area contributed by atoms with Crippen LogP contribution in [0, 0.1) is 5.92 Å². The van der Waals surface area contributed by atoms with Crippen molar-refractivity contribution in [2.45, 2.75) is 18.4 Å². The molecular formula is C23H21F6N3. The molecule has 3 nitrogen and oxygen atoms in total. The van der Waals surface area contributed by atoms with Gasteiger partial charge in [-0.15, -0.1) is 0 Å². The summed E-state index contributed by atoms with van der Waals surface area (Å²) in [5.74, 6) is -0.0730. The van der Waals surface area contributed by atoms with Gasteiger partial charge in [-0.25, -0.2) is 0 Å². The van der Waals surface area contributed by atoms with Crippen molar-refractivity contribution < 1.29 is 26.3 Å². The number of hydrazone groups is 1. The number of likely N-dealkylation sites (tertiary alicyclic amines) is 1. The lowest BCUT2D eigenvalue weighted by Crippen LogP contribution is -2.41. The predicted molar refractivity (Wildman–Crippen MR) is 110 cm³/mol. The molecule has 0 spiro atoms. The first-order valence-corrected chi connectivity index (χ1v) is 9.99. The van der Waals surface area contributed by atoms with Crippen molar-refractivity contribution in [1.29, 1.82) is 0 Å². The molecule has 0 radical (unpaired) electrons. The van der Waals surface area contributed by atoms with Gasteiger partial charge in [0, 0.05) is 26.1 Å². The largest absolute Gasteiger partial charge is 0.416 e. The predicted octanol–water partition coefficient (Wildman–Crippen LogP) is 5.71. The van der Waals surface area contributed by atoms with Gasteiger partial charge in [0.2, 0.25) is 0 Å². The van der Waals surface area contributed by atoms with E-state index in [4.69, 9.17) is 0 Å². The average molecular weight is 453 g/mol. The first-order chi connectivity index (χ1) is 14.9. The van der Waals surface area contributed by atoms with Crippen LogP contribution >= 0.6 is 0 Å². The van der Waals surface area contributed by atoms with Gasteiger partial charge in [-0.1, -0.05) is 24.3 Å². The molecule has 1 fully saturated rings. The van der Waals surface area contributed by atoms with Crippen molar-refractivity contribution in [3.05, 3.63) is 76.4 Å². The molecule has 170 valence electrons. The lowest BCUT2D eigenvalue weighted by molar-refractivity contribution is -0.138. The van der Waals surface area contributed by atoms with Gasteiger partial charge < -0.3 is 4.90 Å². The van der Waals surface area contributed by atoms with E-state index in [0.717, 1.165) is 41.1 Å². The minimum Gasteiger partial charge on any atom is -0.301 e. The van der Waals surface area contributed by atoms with Crippen molar-refractivity contribution in [2.24, 2.45) is 11.0 Å². The summed E-state index contributed by atoms with van der Waals surface area (Å²) in [6.45, 7) is 1.24. The minimum atomic E-state index is -4.40. The molecule has 0 bridgehead atoms. The van der Waals surface area contributed by atoms with Gasteiger partial charge >= 0.3 is 12.4 Å². The number of fused-ring (bicyclic) bond motifs is 1. The second kappa shape index (κ2) is 7.95. The number of likely N-dealkylation sites (N-methyl/N-ethyl adjacent to an activating group) is 1. The molecule has 32 heavy (non-hydrogen) atoms. The van der Waals surface area contributed by atoms with Gasteiger partial charge in [-0.3, -0.25) is 5.01 Å². The average Bonchev–Trinajstić information content (AvgIpc) is 3.03. The Morgan fingerprint density at radius 1 is 0.844 bits per heavy atom. The summed E-state index contributed by atoms with van der Waals surface area (Å²) in [7, 11) is 3.71. The second-order valence-corrected chi connectivity index (χ2v) is 8.22. The summed E-state index contributed by atoms with van der Waals surface area (Å²) in [6, 6.07) is 9.82. The van der Waals surface area contributed by atoms with Crippen LogP contribution in [0.5, 0.6) is 0 Å². The van der Waals surface area contributed by atoms with E-state index < -0.39 is 23.5 Å². The van der Waals surface area contributed by atoms with E-state index in [0.29, 0.717) is 18.7 Å². The number of hydrogen-bond donors (Lipinski definition) is 0. The third-order valence-electron chi connectivity index (χ3n) is 5.84. The van der Waals surface area contributed by atoms with Gasteiger partial charge in [0.05, 0.1) is 22.9 Å². The Morgan fingerprint density at radius 3 is 1.91 bits per heavy atom. The minimum absolute atomic E-state index is 0.0730. The standard InChI is InChI=1S/C23H21F6N3/c1-31-12-16(11-14-3-7-17(8-4-14)22(24,25)26)20-19(13-31)21(32(2)30-20)15-5-9-18(10-6-15)23(27,28)29/h3-11,19,21H,12-13H2,1-2H3/b16-11+/t19-,21-/m0/s1. The molecule has 9 heteroatoms. The van der Waals surface area contributed by atoms with E-state index >= 15 is 0 Å². The van der Waals surface area contributed by atoms with Crippen molar-refractivity contribution in [3.63, 3.8) is 0 Å². The first-order valence-electron chi connectivity index (χ1n) is 9.99. The molecule has 2 aliphatic rings. The maximum atomic E-state index is 12.9. The fraction of sp³-hybridized carbons (Fsp3) is 0.348. The Morgan fingerprint density at radius 2 is 1.38 bits per heavy atom. The van der Waals surface area contributed by atoms with Gasteiger partial charge in [-0.2, -0.15) is 31.4 Å². The number of alkyl halides is 6. The number of hydrogen-bond acceptors (Lipinski definition) is 3. The highest BCUT2D eigenvalue weighted by atomic mass is 19.4. The Bertz CT molecular complexity index is 1040. The number of rotatable bonds is 2. The van der Waals surface area contributed by atoms with Crippen molar-refractivity contribution in [2.75, 3.05) is 27.2 Å². The summed E-state index contributed by atoms with van der Waals surface area (Å²) in [4.78, 5) is 2.08. The van der Waals surface area contributed by atoms with Crippen LogP contribution in [0.25, 0.3) is 6.08 Å². The SMILES string of the molecule is CN1C/C(=C\c2ccc(C(F)(F)F)cc2)C2=NN(C)[C@@H](c3ccc(C(F)(F)F)cc3)[C@H]2C1. The first kappa shape index (κ1) is 22.4.